The van der Waals surface area contributed by atoms with E-state index in [4.69, 9.17) is 5.26 Å². The number of nitrogens with zero attached hydrogens (tertiary/aromatic N) is 2. The Hall–Kier alpha value is -0.300. The maximum absolute atomic E-state index is 12.6. The van der Waals surface area contributed by atoms with Crippen molar-refractivity contribution >= 4 is 15.9 Å². The molecule has 1 fully saturated rings. The van der Waals surface area contributed by atoms with Gasteiger partial charge in [-0.05, 0) is 6.42 Å². The van der Waals surface area contributed by atoms with Gasteiger partial charge in [0.2, 0.25) is 0 Å². The molecule has 0 N–H and O–H groups in total. The number of likely N-dealkylation sites (tertiary alicyclic amines) is 1. The topological polar surface area (TPSA) is 27.0 Å². The second-order valence-corrected chi connectivity index (χ2v) is 3.73. The van der Waals surface area contributed by atoms with Crippen molar-refractivity contribution < 1.29 is 4.39 Å². The lowest BCUT2D eigenvalue weighted by atomic mass is 10.1. The number of halogens is 2. The molecule has 0 bridgehead atoms. The number of hydrogen-bond donors (Lipinski definition) is 0. The van der Waals surface area contributed by atoms with Gasteiger partial charge in [-0.2, -0.15) is 5.26 Å². The first kappa shape index (κ1) is 7.80. The van der Waals surface area contributed by atoms with Crippen LogP contribution in [0.4, 0.5) is 4.39 Å². The lowest BCUT2D eigenvalue weighted by molar-refractivity contribution is 0.193. The molecule has 0 spiro atoms. The van der Waals surface area contributed by atoms with Crippen LogP contribution in [0.5, 0.6) is 0 Å². The maximum Gasteiger partial charge on any atom is 0.179 e. The van der Waals surface area contributed by atoms with Gasteiger partial charge in [0, 0.05) is 11.4 Å². The molecule has 0 radical (unpaired) electrons. The van der Waals surface area contributed by atoms with E-state index in [1.54, 1.807) is 0 Å². The van der Waals surface area contributed by atoms with Gasteiger partial charge < -0.3 is 4.90 Å². The summed E-state index contributed by atoms with van der Waals surface area (Å²) in [5.74, 6) is 0. The fourth-order valence-corrected chi connectivity index (χ4v) is 1.82. The first-order valence-corrected chi connectivity index (χ1v) is 4.06. The highest BCUT2D eigenvalue weighted by molar-refractivity contribution is 9.09. The zero-order chi connectivity index (χ0) is 7.56. The lowest BCUT2D eigenvalue weighted by Gasteiger charge is -2.27. The van der Waals surface area contributed by atoms with Gasteiger partial charge in [-0.1, -0.05) is 15.9 Å². The molecule has 2 atom stereocenters. The van der Waals surface area contributed by atoms with Crippen molar-refractivity contribution in [3.8, 4) is 6.19 Å². The third-order valence-electron chi connectivity index (χ3n) is 1.49. The highest BCUT2D eigenvalue weighted by Crippen LogP contribution is 2.18. The fourth-order valence-electron chi connectivity index (χ4n) is 1.06. The van der Waals surface area contributed by atoms with Crippen molar-refractivity contribution in [3.63, 3.8) is 0 Å². The van der Waals surface area contributed by atoms with Gasteiger partial charge in [-0.15, -0.1) is 0 Å². The minimum absolute atomic E-state index is 0.135. The summed E-state index contributed by atoms with van der Waals surface area (Å²) in [6.07, 6.45) is 1.60. The van der Waals surface area contributed by atoms with Crippen molar-refractivity contribution in [1.82, 2.24) is 4.90 Å². The molecule has 1 aliphatic rings. The predicted octanol–water partition coefficient (Wildman–Crippen LogP) is 1.27. The van der Waals surface area contributed by atoms with Crippen LogP contribution in [-0.2, 0) is 0 Å². The van der Waals surface area contributed by atoms with Crippen LogP contribution >= 0.6 is 15.9 Å². The van der Waals surface area contributed by atoms with E-state index in [0.29, 0.717) is 13.0 Å². The Morgan fingerprint density at radius 3 is 2.80 bits per heavy atom. The van der Waals surface area contributed by atoms with Gasteiger partial charge in [0.05, 0.1) is 6.54 Å². The zero-order valence-corrected chi connectivity index (χ0v) is 7.01. The maximum atomic E-state index is 12.6. The Bertz CT molecular complexity index is 146. The van der Waals surface area contributed by atoms with E-state index < -0.39 is 6.17 Å². The second-order valence-electron chi connectivity index (χ2n) is 2.44. The van der Waals surface area contributed by atoms with Gasteiger partial charge in [0.15, 0.2) is 6.19 Å². The van der Waals surface area contributed by atoms with E-state index in [0.717, 1.165) is 0 Å². The van der Waals surface area contributed by atoms with E-state index in [1.165, 1.54) is 4.90 Å². The first-order chi connectivity index (χ1) is 4.72. The number of hydrogen-bond acceptors (Lipinski definition) is 2. The highest BCUT2D eigenvalue weighted by Gasteiger charge is 2.24. The van der Waals surface area contributed by atoms with Crippen LogP contribution in [-0.4, -0.2) is 29.0 Å². The summed E-state index contributed by atoms with van der Waals surface area (Å²) < 4.78 is 12.6. The molecule has 1 saturated heterocycles. The number of rotatable bonds is 0. The second kappa shape index (κ2) is 3.20. The Labute approximate surface area is 67.7 Å². The highest BCUT2D eigenvalue weighted by atomic mass is 79.9. The molecule has 1 heterocycles. The van der Waals surface area contributed by atoms with E-state index in [2.05, 4.69) is 15.9 Å². The van der Waals surface area contributed by atoms with E-state index in [9.17, 15) is 4.39 Å². The summed E-state index contributed by atoms with van der Waals surface area (Å²) in [6.45, 7) is 0.898. The van der Waals surface area contributed by atoms with Crippen molar-refractivity contribution in [3.05, 3.63) is 0 Å². The quantitative estimate of drug-likeness (QED) is 0.441. The lowest BCUT2D eigenvalue weighted by Crippen LogP contribution is -2.38. The van der Waals surface area contributed by atoms with Gasteiger partial charge in [0.1, 0.15) is 6.17 Å². The molecule has 10 heavy (non-hydrogen) atoms. The summed E-state index contributed by atoms with van der Waals surface area (Å²) in [7, 11) is 0. The van der Waals surface area contributed by atoms with Crippen LogP contribution in [0, 0.1) is 11.5 Å². The molecule has 4 heteroatoms. The SMILES string of the molecule is N#CN1CC(F)CC(Br)C1. The average molecular weight is 207 g/mol. The molecule has 0 aliphatic carbocycles. The molecule has 1 rings (SSSR count). The average Bonchev–Trinajstić information content (AvgIpc) is 1.85. The molecule has 2 unspecified atom stereocenters. The third-order valence-corrected chi connectivity index (χ3v) is 2.15. The largest absolute Gasteiger partial charge is 0.307 e. The summed E-state index contributed by atoms with van der Waals surface area (Å²) in [5, 5.41) is 8.41. The molecule has 2 nitrogen and oxygen atoms in total. The van der Waals surface area contributed by atoms with Crippen LogP contribution in [0.1, 0.15) is 6.42 Å². The summed E-state index contributed by atoms with van der Waals surface area (Å²) in [5.41, 5.74) is 0. The minimum Gasteiger partial charge on any atom is -0.307 e. The molecule has 1 aliphatic heterocycles. The smallest absolute Gasteiger partial charge is 0.179 e. The van der Waals surface area contributed by atoms with E-state index >= 15 is 0 Å². The van der Waals surface area contributed by atoms with Crippen molar-refractivity contribution in [2.75, 3.05) is 13.1 Å². The predicted molar refractivity (Wildman–Crippen MR) is 39.4 cm³/mol. The van der Waals surface area contributed by atoms with Crippen LogP contribution < -0.4 is 0 Å². The van der Waals surface area contributed by atoms with Gasteiger partial charge in [-0.3, -0.25) is 0 Å². The third kappa shape index (κ3) is 1.84. The van der Waals surface area contributed by atoms with Crippen molar-refractivity contribution in [2.24, 2.45) is 0 Å². The first-order valence-electron chi connectivity index (χ1n) is 3.15. The molecule has 56 valence electrons. The van der Waals surface area contributed by atoms with Crippen LogP contribution in [0.15, 0.2) is 0 Å². The summed E-state index contributed by atoms with van der Waals surface area (Å²) in [4.78, 5) is 1.57. The van der Waals surface area contributed by atoms with Gasteiger partial charge in [0.25, 0.3) is 0 Å². The summed E-state index contributed by atoms with van der Waals surface area (Å²) in [6, 6.07) is 0. The van der Waals surface area contributed by atoms with Crippen molar-refractivity contribution in [2.45, 2.75) is 17.4 Å². The summed E-state index contributed by atoms with van der Waals surface area (Å²) >= 11 is 3.28. The van der Waals surface area contributed by atoms with Crippen LogP contribution in [0.25, 0.3) is 0 Å². The molecule has 0 aromatic heterocycles. The molecular weight excluding hydrogens is 199 g/mol. The molecule has 0 aromatic carbocycles. The number of alkyl halides is 2. The normalized spacial score (nSPS) is 33.5. The van der Waals surface area contributed by atoms with E-state index in [-0.39, 0.29) is 11.4 Å². The Morgan fingerprint density at radius 1 is 1.60 bits per heavy atom. The number of nitriles is 1. The fraction of sp³-hybridized carbons (Fsp3) is 0.833. The molecular formula is C6H8BrFN2. The Morgan fingerprint density at radius 2 is 2.30 bits per heavy atom. The van der Waals surface area contributed by atoms with Crippen molar-refractivity contribution in [1.29, 1.82) is 5.26 Å². The van der Waals surface area contributed by atoms with Gasteiger partial charge in [-0.25, -0.2) is 4.39 Å². The molecule has 0 amide bonds. The number of piperidine rings is 1. The van der Waals surface area contributed by atoms with Crippen LogP contribution in [0.2, 0.25) is 0 Å². The Balaban J connectivity index is 2.44. The van der Waals surface area contributed by atoms with Gasteiger partial charge >= 0.3 is 0 Å². The van der Waals surface area contributed by atoms with Crippen LogP contribution in [0.3, 0.4) is 0 Å². The molecule has 0 aromatic rings. The zero-order valence-electron chi connectivity index (χ0n) is 5.43. The Kier molecular flexibility index (Phi) is 2.50. The monoisotopic (exact) mass is 206 g/mol. The molecule has 0 saturated carbocycles. The van der Waals surface area contributed by atoms with E-state index in [1.807, 2.05) is 6.19 Å². The standard InChI is InChI=1S/C6H8BrFN2/c7-5-1-6(8)3-10(2-5)4-9/h5-6H,1-3H2. The minimum atomic E-state index is -0.849.